The lowest BCUT2D eigenvalue weighted by Crippen LogP contribution is -2.48. The molecular formula is C25H31N3O3. The number of nitrogens with one attached hydrogen (secondary N) is 2. The number of likely N-dealkylation sites (tertiary alicyclic amines) is 1. The van der Waals surface area contributed by atoms with Crippen molar-refractivity contribution in [1.29, 1.82) is 0 Å². The number of hydrogen-bond donors (Lipinski definition) is 2. The maximum Gasteiger partial charge on any atom is 0.241 e. The Morgan fingerprint density at radius 2 is 1.68 bits per heavy atom. The first-order chi connectivity index (χ1) is 15.1. The Kier molecular flexibility index (Phi) is 6.87. The van der Waals surface area contributed by atoms with Gasteiger partial charge in [0.1, 0.15) is 12.4 Å². The van der Waals surface area contributed by atoms with Crippen molar-refractivity contribution in [2.24, 2.45) is 5.92 Å². The summed E-state index contributed by atoms with van der Waals surface area (Å²) in [5, 5.41) is 6.09. The van der Waals surface area contributed by atoms with Crippen LogP contribution >= 0.6 is 0 Å². The minimum atomic E-state index is -0.235. The molecule has 1 aliphatic heterocycles. The summed E-state index contributed by atoms with van der Waals surface area (Å²) in [6.07, 6.45) is 3.84. The van der Waals surface area contributed by atoms with E-state index in [9.17, 15) is 9.59 Å². The summed E-state index contributed by atoms with van der Waals surface area (Å²) in [5.41, 5.74) is 1.87. The fraction of sp³-hybridized carbons (Fsp3) is 0.440. The predicted molar refractivity (Wildman–Crippen MR) is 121 cm³/mol. The van der Waals surface area contributed by atoms with Crippen LogP contribution in [-0.2, 0) is 16.2 Å². The fourth-order valence-corrected chi connectivity index (χ4v) is 3.88. The van der Waals surface area contributed by atoms with Crippen LogP contribution in [-0.4, -0.2) is 41.9 Å². The lowest BCUT2D eigenvalue weighted by Gasteiger charge is -2.34. The Hall–Kier alpha value is -2.86. The number of carbonyl (C=O) groups is 2. The van der Waals surface area contributed by atoms with Crippen LogP contribution in [0, 0.1) is 5.92 Å². The number of piperidine rings is 1. The summed E-state index contributed by atoms with van der Waals surface area (Å²) in [6, 6.07) is 17.6. The van der Waals surface area contributed by atoms with Crippen LogP contribution in [0.25, 0.3) is 0 Å². The van der Waals surface area contributed by atoms with Crippen LogP contribution in [0.5, 0.6) is 5.75 Å². The number of benzene rings is 2. The molecule has 2 aromatic carbocycles. The zero-order valence-corrected chi connectivity index (χ0v) is 18.0. The van der Waals surface area contributed by atoms with E-state index in [-0.39, 0.29) is 23.8 Å². The van der Waals surface area contributed by atoms with Gasteiger partial charge in [-0.15, -0.1) is 0 Å². The molecule has 0 radical (unpaired) electrons. The summed E-state index contributed by atoms with van der Waals surface area (Å²) in [5.74, 6) is 1.00. The van der Waals surface area contributed by atoms with Gasteiger partial charge in [-0.1, -0.05) is 30.3 Å². The predicted octanol–water partition coefficient (Wildman–Crippen LogP) is 3.58. The quantitative estimate of drug-likeness (QED) is 0.684. The van der Waals surface area contributed by atoms with Crippen LogP contribution in [0.15, 0.2) is 54.6 Å². The third-order valence-electron chi connectivity index (χ3n) is 6.12. The van der Waals surface area contributed by atoms with Gasteiger partial charge in [-0.05, 0) is 75.5 Å². The summed E-state index contributed by atoms with van der Waals surface area (Å²) >= 11 is 0. The number of nitrogens with zero attached hydrogens (tertiary/aromatic N) is 1. The SMILES string of the molecule is CC(C(=O)Nc1ccc(OCc2ccccc2)cc1)N1CCC(C(=O)NC2CC2)CC1. The number of amides is 2. The van der Waals surface area contributed by atoms with Gasteiger partial charge < -0.3 is 15.4 Å². The van der Waals surface area contributed by atoms with Gasteiger partial charge in [0.2, 0.25) is 11.8 Å². The molecule has 2 fully saturated rings. The Balaban J connectivity index is 1.21. The van der Waals surface area contributed by atoms with Gasteiger partial charge >= 0.3 is 0 Å². The van der Waals surface area contributed by atoms with Crippen molar-refractivity contribution >= 4 is 17.5 Å². The molecule has 1 aliphatic carbocycles. The van der Waals surface area contributed by atoms with Crippen LogP contribution in [0.4, 0.5) is 5.69 Å². The van der Waals surface area contributed by atoms with Gasteiger partial charge in [-0.25, -0.2) is 0 Å². The second-order valence-electron chi connectivity index (χ2n) is 8.56. The summed E-state index contributed by atoms with van der Waals surface area (Å²) < 4.78 is 5.80. The van der Waals surface area contributed by atoms with Gasteiger partial charge in [0, 0.05) is 17.6 Å². The van der Waals surface area contributed by atoms with Crippen molar-refractivity contribution in [3.8, 4) is 5.75 Å². The van der Waals surface area contributed by atoms with Crippen molar-refractivity contribution < 1.29 is 14.3 Å². The average molecular weight is 422 g/mol. The van der Waals surface area contributed by atoms with Gasteiger partial charge in [0.05, 0.1) is 6.04 Å². The molecule has 2 aromatic rings. The molecule has 1 heterocycles. The maximum atomic E-state index is 12.7. The van der Waals surface area contributed by atoms with Crippen molar-refractivity contribution in [3.05, 3.63) is 60.2 Å². The van der Waals surface area contributed by atoms with Crippen molar-refractivity contribution in [2.45, 2.75) is 51.3 Å². The third kappa shape index (κ3) is 6.07. The van der Waals surface area contributed by atoms with E-state index >= 15 is 0 Å². The molecule has 31 heavy (non-hydrogen) atoms. The second-order valence-corrected chi connectivity index (χ2v) is 8.56. The first-order valence-corrected chi connectivity index (χ1v) is 11.2. The zero-order valence-electron chi connectivity index (χ0n) is 18.0. The van der Waals surface area contributed by atoms with Gasteiger partial charge in [-0.3, -0.25) is 14.5 Å². The molecular weight excluding hydrogens is 390 g/mol. The van der Waals surface area contributed by atoms with Crippen LogP contribution < -0.4 is 15.4 Å². The maximum absolute atomic E-state index is 12.7. The highest BCUT2D eigenvalue weighted by Gasteiger charge is 2.32. The van der Waals surface area contributed by atoms with E-state index in [1.54, 1.807) is 0 Å². The lowest BCUT2D eigenvalue weighted by atomic mass is 9.95. The van der Waals surface area contributed by atoms with Crippen molar-refractivity contribution in [1.82, 2.24) is 10.2 Å². The summed E-state index contributed by atoms with van der Waals surface area (Å²) in [7, 11) is 0. The molecule has 164 valence electrons. The average Bonchev–Trinajstić information content (AvgIpc) is 3.63. The van der Waals surface area contributed by atoms with E-state index in [1.165, 1.54) is 0 Å². The molecule has 6 heteroatoms. The van der Waals surface area contributed by atoms with E-state index < -0.39 is 0 Å². The van der Waals surface area contributed by atoms with E-state index in [1.807, 2.05) is 61.5 Å². The van der Waals surface area contributed by atoms with Crippen LogP contribution in [0.1, 0.15) is 38.2 Å². The fourth-order valence-electron chi connectivity index (χ4n) is 3.88. The molecule has 2 aliphatic rings. The van der Waals surface area contributed by atoms with E-state index in [0.29, 0.717) is 12.6 Å². The molecule has 1 saturated heterocycles. The van der Waals surface area contributed by atoms with Gasteiger partial charge in [-0.2, -0.15) is 0 Å². The second kappa shape index (κ2) is 9.96. The Morgan fingerprint density at radius 3 is 2.32 bits per heavy atom. The summed E-state index contributed by atoms with van der Waals surface area (Å²) in [6.45, 7) is 3.97. The Morgan fingerprint density at radius 1 is 1.00 bits per heavy atom. The standard InChI is InChI=1S/C25H31N3O3/c1-18(28-15-13-20(14-16-28)25(30)27-21-7-8-21)24(29)26-22-9-11-23(12-10-22)31-17-19-5-3-2-4-6-19/h2-6,9-12,18,20-21H,7-8,13-17H2,1H3,(H,26,29)(H,27,30). The highest BCUT2D eigenvalue weighted by Crippen LogP contribution is 2.24. The van der Waals surface area contributed by atoms with Crippen LogP contribution in [0.2, 0.25) is 0 Å². The molecule has 0 aromatic heterocycles. The minimum absolute atomic E-state index is 0.0289. The third-order valence-corrected chi connectivity index (χ3v) is 6.12. The number of hydrogen-bond acceptors (Lipinski definition) is 4. The van der Waals surface area contributed by atoms with Crippen molar-refractivity contribution in [2.75, 3.05) is 18.4 Å². The molecule has 6 nitrogen and oxygen atoms in total. The normalized spacial score (nSPS) is 18.2. The highest BCUT2D eigenvalue weighted by atomic mass is 16.5. The Bertz CT molecular complexity index is 873. The highest BCUT2D eigenvalue weighted by molar-refractivity contribution is 5.94. The molecule has 1 atom stereocenters. The van der Waals surface area contributed by atoms with Gasteiger partial charge in [0.25, 0.3) is 0 Å². The van der Waals surface area contributed by atoms with E-state index in [2.05, 4.69) is 15.5 Å². The molecule has 2 amide bonds. The molecule has 4 rings (SSSR count). The zero-order chi connectivity index (χ0) is 21.6. The summed E-state index contributed by atoms with van der Waals surface area (Å²) in [4.78, 5) is 27.1. The van der Waals surface area contributed by atoms with Crippen molar-refractivity contribution in [3.63, 3.8) is 0 Å². The minimum Gasteiger partial charge on any atom is -0.489 e. The lowest BCUT2D eigenvalue weighted by molar-refractivity contribution is -0.127. The topological polar surface area (TPSA) is 70.7 Å². The Labute approximate surface area is 184 Å². The first-order valence-electron chi connectivity index (χ1n) is 11.2. The number of carbonyl (C=O) groups excluding carboxylic acids is 2. The van der Waals surface area contributed by atoms with E-state index in [0.717, 1.165) is 55.8 Å². The number of anilines is 1. The molecule has 1 saturated carbocycles. The largest absolute Gasteiger partial charge is 0.489 e. The smallest absolute Gasteiger partial charge is 0.241 e. The molecule has 0 bridgehead atoms. The molecule has 1 unspecified atom stereocenters. The van der Waals surface area contributed by atoms with Crippen LogP contribution in [0.3, 0.4) is 0 Å². The molecule has 0 spiro atoms. The van der Waals surface area contributed by atoms with Gasteiger partial charge in [0.15, 0.2) is 0 Å². The number of rotatable bonds is 8. The number of ether oxygens (including phenoxy) is 1. The first kappa shape index (κ1) is 21.4. The van der Waals surface area contributed by atoms with E-state index in [4.69, 9.17) is 4.74 Å². The molecule has 2 N–H and O–H groups in total. The monoisotopic (exact) mass is 421 g/mol.